The molecule has 96 valence electrons. The van der Waals surface area contributed by atoms with Crippen LogP contribution in [0.25, 0.3) is 11.0 Å². The molecule has 3 nitrogen and oxygen atoms in total. The quantitative estimate of drug-likeness (QED) is 0.878. The third-order valence-electron chi connectivity index (χ3n) is 4.00. The van der Waals surface area contributed by atoms with E-state index in [1.165, 1.54) is 36.3 Å². The second kappa shape index (κ2) is 4.73. The van der Waals surface area contributed by atoms with Gasteiger partial charge in [-0.2, -0.15) is 0 Å². The molecule has 1 saturated heterocycles. The first-order valence-electron chi connectivity index (χ1n) is 6.87. The number of aromatic nitrogens is 2. The Morgan fingerprint density at radius 3 is 3.11 bits per heavy atom. The molecule has 1 aliphatic heterocycles. The molecule has 0 saturated carbocycles. The van der Waals surface area contributed by atoms with Crippen LogP contribution < -0.4 is 5.32 Å². The molecule has 1 fully saturated rings. The summed E-state index contributed by atoms with van der Waals surface area (Å²) in [7, 11) is 2.14. The van der Waals surface area contributed by atoms with Crippen molar-refractivity contribution in [3.8, 4) is 0 Å². The van der Waals surface area contributed by atoms with Crippen LogP contribution in [0.4, 0.5) is 0 Å². The van der Waals surface area contributed by atoms with E-state index in [1.54, 1.807) is 0 Å². The van der Waals surface area contributed by atoms with Crippen molar-refractivity contribution in [1.82, 2.24) is 14.9 Å². The molecule has 3 heteroatoms. The van der Waals surface area contributed by atoms with E-state index in [9.17, 15) is 0 Å². The maximum atomic E-state index is 4.80. The molecule has 2 heterocycles. The highest BCUT2D eigenvalue weighted by Gasteiger charge is 2.17. The number of fused-ring (bicyclic) bond motifs is 1. The van der Waals surface area contributed by atoms with E-state index in [1.807, 2.05) is 0 Å². The smallest absolute Gasteiger partial charge is 0.109 e. The van der Waals surface area contributed by atoms with Gasteiger partial charge in [-0.25, -0.2) is 4.98 Å². The Kier molecular flexibility index (Phi) is 3.08. The summed E-state index contributed by atoms with van der Waals surface area (Å²) in [6.45, 7) is 4.44. The van der Waals surface area contributed by atoms with Crippen LogP contribution in [-0.4, -0.2) is 22.6 Å². The summed E-state index contributed by atoms with van der Waals surface area (Å²) in [5, 5.41) is 3.48. The fraction of sp³-hybridized carbons (Fsp3) is 0.533. The first kappa shape index (κ1) is 11.7. The van der Waals surface area contributed by atoms with Gasteiger partial charge in [-0.15, -0.1) is 0 Å². The number of nitrogens with zero attached hydrogens (tertiary/aromatic N) is 2. The molecule has 2 aromatic rings. The molecule has 1 aliphatic rings. The van der Waals surface area contributed by atoms with Crippen LogP contribution in [0.1, 0.15) is 24.2 Å². The lowest BCUT2D eigenvalue weighted by molar-refractivity contribution is 0.368. The standard InChI is InChI=1S/C15H21N3/c1-11-5-6-14-13(8-11)17-15(18(14)2)9-12-4-3-7-16-10-12/h5-6,8,12,16H,3-4,7,9-10H2,1-2H3. The van der Waals surface area contributed by atoms with Gasteiger partial charge < -0.3 is 9.88 Å². The lowest BCUT2D eigenvalue weighted by Crippen LogP contribution is -2.31. The van der Waals surface area contributed by atoms with Crippen LogP contribution in [0, 0.1) is 12.8 Å². The summed E-state index contributed by atoms with van der Waals surface area (Å²) in [4.78, 5) is 4.80. The number of hydrogen-bond acceptors (Lipinski definition) is 2. The van der Waals surface area contributed by atoms with Crippen molar-refractivity contribution in [2.45, 2.75) is 26.2 Å². The van der Waals surface area contributed by atoms with Crippen molar-refractivity contribution in [1.29, 1.82) is 0 Å². The number of hydrogen-bond donors (Lipinski definition) is 1. The second-order valence-electron chi connectivity index (χ2n) is 5.50. The van der Waals surface area contributed by atoms with Gasteiger partial charge in [-0.05, 0) is 56.5 Å². The van der Waals surface area contributed by atoms with Gasteiger partial charge >= 0.3 is 0 Å². The zero-order chi connectivity index (χ0) is 12.5. The molecule has 0 aliphatic carbocycles. The van der Waals surface area contributed by atoms with E-state index in [2.05, 4.69) is 42.1 Å². The normalized spacial score (nSPS) is 20.4. The molecular weight excluding hydrogens is 222 g/mol. The number of piperidine rings is 1. The highest BCUT2D eigenvalue weighted by Crippen LogP contribution is 2.20. The second-order valence-corrected chi connectivity index (χ2v) is 5.50. The molecule has 0 bridgehead atoms. The van der Waals surface area contributed by atoms with Crippen LogP contribution in [0.2, 0.25) is 0 Å². The third kappa shape index (κ3) is 2.15. The lowest BCUT2D eigenvalue weighted by atomic mass is 9.96. The van der Waals surface area contributed by atoms with Crippen molar-refractivity contribution < 1.29 is 0 Å². The summed E-state index contributed by atoms with van der Waals surface area (Å²) < 4.78 is 2.25. The highest BCUT2D eigenvalue weighted by atomic mass is 15.1. The Bertz CT molecular complexity index is 550. The summed E-state index contributed by atoms with van der Waals surface area (Å²) in [6, 6.07) is 6.52. The number of nitrogens with one attached hydrogen (secondary N) is 1. The van der Waals surface area contributed by atoms with Gasteiger partial charge in [-0.3, -0.25) is 0 Å². The van der Waals surface area contributed by atoms with E-state index >= 15 is 0 Å². The Balaban J connectivity index is 1.89. The molecular formula is C15H21N3. The van der Waals surface area contributed by atoms with Crippen LogP contribution in [0.15, 0.2) is 18.2 Å². The van der Waals surface area contributed by atoms with Crippen LogP contribution in [-0.2, 0) is 13.5 Å². The molecule has 0 amide bonds. The van der Waals surface area contributed by atoms with Crippen LogP contribution in [0.5, 0.6) is 0 Å². The average molecular weight is 243 g/mol. The number of benzene rings is 1. The average Bonchev–Trinajstić information content (AvgIpc) is 2.67. The van der Waals surface area contributed by atoms with Gasteiger partial charge in [0.25, 0.3) is 0 Å². The Morgan fingerprint density at radius 2 is 2.33 bits per heavy atom. The van der Waals surface area contributed by atoms with E-state index in [4.69, 9.17) is 4.98 Å². The molecule has 1 unspecified atom stereocenters. The zero-order valence-electron chi connectivity index (χ0n) is 11.2. The minimum absolute atomic E-state index is 0.746. The fourth-order valence-electron chi connectivity index (χ4n) is 2.90. The molecule has 0 radical (unpaired) electrons. The summed E-state index contributed by atoms with van der Waals surface area (Å²) in [5.74, 6) is 1.97. The van der Waals surface area contributed by atoms with Gasteiger partial charge in [-0.1, -0.05) is 6.07 Å². The molecule has 1 atom stereocenters. The van der Waals surface area contributed by atoms with Gasteiger partial charge in [0.1, 0.15) is 5.82 Å². The monoisotopic (exact) mass is 243 g/mol. The van der Waals surface area contributed by atoms with Gasteiger partial charge in [0.2, 0.25) is 0 Å². The molecule has 18 heavy (non-hydrogen) atoms. The van der Waals surface area contributed by atoms with Crippen LogP contribution in [0.3, 0.4) is 0 Å². The minimum atomic E-state index is 0.746. The van der Waals surface area contributed by atoms with Crippen LogP contribution >= 0.6 is 0 Å². The Morgan fingerprint density at radius 1 is 1.44 bits per heavy atom. The highest BCUT2D eigenvalue weighted by molar-refractivity contribution is 5.76. The molecule has 0 spiro atoms. The predicted molar refractivity (Wildman–Crippen MR) is 74.7 cm³/mol. The number of rotatable bonds is 2. The summed E-state index contributed by atoms with van der Waals surface area (Å²) >= 11 is 0. The molecule has 1 N–H and O–H groups in total. The topological polar surface area (TPSA) is 29.9 Å². The lowest BCUT2D eigenvalue weighted by Gasteiger charge is -2.22. The van der Waals surface area contributed by atoms with E-state index < -0.39 is 0 Å². The fourth-order valence-corrected chi connectivity index (χ4v) is 2.90. The largest absolute Gasteiger partial charge is 0.331 e. The van der Waals surface area contributed by atoms with Gasteiger partial charge in [0.05, 0.1) is 11.0 Å². The van der Waals surface area contributed by atoms with Gasteiger partial charge in [0.15, 0.2) is 0 Å². The Hall–Kier alpha value is -1.35. The third-order valence-corrected chi connectivity index (χ3v) is 4.00. The minimum Gasteiger partial charge on any atom is -0.331 e. The maximum Gasteiger partial charge on any atom is 0.109 e. The van der Waals surface area contributed by atoms with E-state index in [0.29, 0.717) is 0 Å². The maximum absolute atomic E-state index is 4.80. The Labute approximate surface area is 108 Å². The first-order valence-corrected chi connectivity index (χ1v) is 6.87. The van der Waals surface area contributed by atoms with Crippen molar-refractivity contribution in [3.05, 3.63) is 29.6 Å². The molecule has 1 aromatic heterocycles. The number of aryl methyl sites for hydroxylation is 2. The molecule has 1 aromatic carbocycles. The molecule has 3 rings (SSSR count). The summed E-state index contributed by atoms with van der Waals surface area (Å²) in [5.41, 5.74) is 3.67. The predicted octanol–water partition coefficient (Wildman–Crippen LogP) is 2.42. The van der Waals surface area contributed by atoms with E-state index in [0.717, 1.165) is 24.4 Å². The van der Waals surface area contributed by atoms with Crippen molar-refractivity contribution in [3.63, 3.8) is 0 Å². The number of imidazole rings is 1. The van der Waals surface area contributed by atoms with Crippen molar-refractivity contribution in [2.24, 2.45) is 13.0 Å². The zero-order valence-corrected chi connectivity index (χ0v) is 11.2. The van der Waals surface area contributed by atoms with Gasteiger partial charge in [0, 0.05) is 13.5 Å². The van der Waals surface area contributed by atoms with Crippen molar-refractivity contribution >= 4 is 11.0 Å². The summed E-state index contributed by atoms with van der Waals surface area (Å²) in [6.07, 6.45) is 3.72. The van der Waals surface area contributed by atoms with E-state index in [-0.39, 0.29) is 0 Å². The SMILES string of the molecule is Cc1ccc2c(c1)nc(CC1CCCNC1)n2C. The van der Waals surface area contributed by atoms with Crippen molar-refractivity contribution in [2.75, 3.05) is 13.1 Å². The first-order chi connectivity index (χ1) is 8.74.